The van der Waals surface area contributed by atoms with E-state index in [4.69, 9.17) is 25.8 Å². The number of hydrogen-bond acceptors (Lipinski definition) is 6. The number of methoxy groups -OCH3 is 1. The normalized spacial score (nSPS) is 14.5. The molecule has 1 atom stereocenters. The van der Waals surface area contributed by atoms with Crippen molar-refractivity contribution in [2.24, 2.45) is 5.41 Å². The Labute approximate surface area is 187 Å². The standard InChI is InChI=1S/C24H29ClO6/c1-7-13-12(2)19(25)15-11-30-23(28)18-17(31-22(15)20(13)27)9-8-14(21(18)29-6)16(26)10-24(3,4)5/h8-9,16,26-27H,7,10-11H2,1-6H3/t16-/m0/s1. The molecule has 7 heteroatoms. The predicted molar refractivity (Wildman–Crippen MR) is 118 cm³/mol. The molecule has 0 aliphatic carbocycles. The first-order valence-corrected chi connectivity index (χ1v) is 10.6. The molecule has 2 N–H and O–H groups in total. The van der Waals surface area contributed by atoms with Crippen LogP contribution in [0.15, 0.2) is 12.1 Å². The number of hydrogen-bond donors (Lipinski definition) is 2. The summed E-state index contributed by atoms with van der Waals surface area (Å²) in [6, 6.07) is 3.24. The van der Waals surface area contributed by atoms with Crippen molar-refractivity contribution in [3.8, 4) is 23.0 Å². The van der Waals surface area contributed by atoms with Gasteiger partial charge in [-0.05, 0) is 42.9 Å². The number of ether oxygens (including phenoxy) is 3. The molecule has 0 spiro atoms. The van der Waals surface area contributed by atoms with Crippen LogP contribution in [0.2, 0.25) is 5.02 Å². The van der Waals surface area contributed by atoms with Gasteiger partial charge in [0.05, 0.1) is 23.8 Å². The van der Waals surface area contributed by atoms with Gasteiger partial charge in [0.1, 0.15) is 23.7 Å². The highest BCUT2D eigenvalue weighted by molar-refractivity contribution is 6.32. The minimum absolute atomic E-state index is 0.0286. The number of cyclic esters (lactones) is 1. The maximum Gasteiger partial charge on any atom is 0.346 e. The summed E-state index contributed by atoms with van der Waals surface area (Å²) in [7, 11) is 1.43. The molecular weight excluding hydrogens is 420 g/mol. The van der Waals surface area contributed by atoms with E-state index in [2.05, 4.69) is 0 Å². The number of benzene rings is 2. The Morgan fingerprint density at radius 1 is 1.29 bits per heavy atom. The third kappa shape index (κ3) is 4.32. The fraction of sp³-hybridized carbons (Fsp3) is 0.458. The van der Waals surface area contributed by atoms with Crippen molar-refractivity contribution >= 4 is 17.6 Å². The summed E-state index contributed by atoms with van der Waals surface area (Å²) in [5.41, 5.74) is 2.19. The number of aliphatic hydroxyl groups is 1. The van der Waals surface area contributed by atoms with Gasteiger partial charge in [-0.25, -0.2) is 4.79 Å². The zero-order chi connectivity index (χ0) is 23.1. The number of aliphatic hydroxyl groups excluding tert-OH is 1. The third-order valence-corrected chi connectivity index (χ3v) is 5.97. The van der Waals surface area contributed by atoms with Crippen molar-refractivity contribution in [3.63, 3.8) is 0 Å². The van der Waals surface area contributed by atoms with Crippen LogP contribution >= 0.6 is 11.6 Å². The minimum Gasteiger partial charge on any atom is -0.504 e. The first-order chi connectivity index (χ1) is 14.5. The minimum atomic E-state index is -0.844. The van der Waals surface area contributed by atoms with E-state index in [1.54, 1.807) is 12.1 Å². The number of aromatic hydroxyl groups is 1. The molecular formula is C24H29ClO6. The molecule has 31 heavy (non-hydrogen) atoms. The van der Waals surface area contributed by atoms with Crippen LogP contribution in [0.25, 0.3) is 0 Å². The molecule has 0 saturated heterocycles. The highest BCUT2D eigenvalue weighted by Gasteiger charge is 2.32. The zero-order valence-corrected chi connectivity index (χ0v) is 19.5. The second kappa shape index (κ2) is 8.60. The topological polar surface area (TPSA) is 85.2 Å². The molecule has 3 rings (SSSR count). The highest BCUT2D eigenvalue weighted by Crippen LogP contribution is 2.48. The number of carbonyl (C=O) groups excluding carboxylic acids is 1. The molecule has 168 valence electrons. The molecule has 2 aromatic carbocycles. The van der Waals surface area contributed by atoms with Crippen molar-refractivity contribution < 1.29 is 29.2 Å². The zero-order valence-electron chi connectivity index (χ0n) is 18.8. The number of phenols is 1. The lowest BCUT2D eigenvalue weighted by Crippen LogP contribution is -2.17. The van der Waals surface area contributed by atoms with Gasteiger partial charge in [0.15, 0.2) is 11.5 Å². The fourth-order valence-corrected chi connectivity index (χ4v) is 4.19. The maximum absolute atomic E-state index is 12.9. The lowest BCUT2D eigenvalue weighted by Gasteiger charge is -2.27. The van der Waals surface area contributed by atoms with E-state index in [9.17, 15) is 15.0 Å². The molecule has 1 aliphatic heterocycles. The Balaban J connectivity index is 2.19. The van der Waals surface area contributed by atoms with Crippen LogP contribution in [-0.4, -0.2) is 23.3 Å². The summed E-state index contributed by atoms with van der Waals surface area (Å²) in [5.74, 6) is -0.177. The van der Waals surface area contributed by atoms with Gasteiger partial charge in [0.2, 0.25) is 0 Å². The van der Waals surface area contributed by atoms with Gasteiger partial charge in [0, 0.05) is 11.1 Å². The Hall–Kier alpha value is -2.44. The molecule has 0 saturated carbocycles. The van der Waals surface area contributed by atoms with E-state index in [0.29, 0.717) is 34.6 Å². The van der Waals surface area contributed by atoms with Gasteiger partial charge in [-0.2, -0.15) is 0 Å². The number of fused-ring (bicyclic) bond motifs is 2. The molecule has 0 bridgehead atoms. The number of phenolic OH excluding ortho intramolecular Hbond substituents is 1. The van der Waals surface area contributed by atoms with E-state index < -0.39 is 12.1 Å². The Morgan fingerprint density at radius 2 is 1.97 bits per heavy atom. The van der Waals surface area contributed by atoms with Gasteiger partial charge >= 0.3 is 5.97 Å². The molecule has 6 nitrogen and oxygen atoms in total. The van der Waals surface area contributed by atoms with Crippen molar-refractivity contribution in [2.45, 2.75) is 60.2 Å². The predicted octanol–water partition coefficient (Wildman–Crippen LogP) is 5.86. The quantitative estimate of drug-likeness (QED) is 0.570. The van der Waals surface area contributed by atoms with Crippen LogP contribution in [0.1, 0.15) is 72.8 Å². The van der Waals surface area contributed by atoms with Crippen LogP contribution in [0.4, 0.5) is 0 Å². The number of halogens is 1. The summed E-state index contributed by atoms with van der Waals surface area (Å²) >= 11 is 6.51. The van der Waals surface area contributed by atoms with E-state index >= 15 is 0 Å². The molecule has 0 unspecified atom stereocenters. The second-order valence-electron chi connectivity index (χ2n) is 8.95. The monoisotopic (exact) mass is 448 g/mol. The summed E-state index contributed by atoms with van der Waals surface area (Å²) in [4.78, 5) is 12.9. The van der Waals surface area contributed by atoms with Crippen LogP contribution in [-0.2, 0) is 17.8 Å². The van der Waals surface area contributed by atoms with Gasteiger partial charge in [-0.1, -0.05) is 39.3 Å². The third-order valence-electron chi connectivity index (χ3n) is 5.46. The molecule has 1 heterocycles. The molecule has 0 radical (unpaired) electrons. The van der Waals surface area contributed by atoms with Crippen molar-refractivity contribution in [1.29, 1.82) is 0 Å². The Bertz CT molecular complexity index is 1020. The number of carbonyl (C=O) groups is 1. The number of esters is 1. The molecule has 0 aromatic heterocycles. The van der Waals surface area contributed by atoms with Crippen molar-refractivity contribution in [3.05, 3.63) is 45.0 Å². The Morgan fingerprint density at radius 3 is 2.55 bits per heavy atom. The second-order valence-corrected chi connectivity index (χ2v) is 9.33. The molecule has 0 amide bonds. The first-order valence-electron chi connectivity index (χ1n) is 10.3. The first kappa shape index (κ1) is 23.2. The average Bonchev–Trinajstić information content (AvgIpc) is 2.68. The lowest BCUT2D eigenvalue weighted by atomic mass is 9.86. The van der Waals surface area contributed by atoms with E-state index in [1.807, 2.05) is 34.6 Å². The van der Waals surface area contributed by atoms with Crippen molar-refractivity contribution in [1.82, 2.24) is 0 Å². The maximum atomic E-state index is 12.9. The SMILES string of the molecule is CCc1c(C)c(Cl)c2c(c1O)Oc1ccc([C@@H](O)CC(C)(C)C)c(OC)c1C(=O)OC2. The molecule has 0 fully saturated rings. The van der Waals surface area contributed by atoms with Gasteiger partial charge in [0.25, 0.3) is 0 Å². The van der Waals surface area contributed by atoms with Crippen LogP contribution < -0.4 is 9.47 Å². The fourth-order valence-electron chi connectivity index (χ4n) is 3.94. The molecule has 2 aromatic rings. The van der Waals surface area contributed by atoms with Crippen molar-refractivity contribution in [2.75, 3.05) is 7.11 Å². The average molecular weight is 449 g/mol. The van der Waals surface area contributed by atoms with Gasteiger partial charge in [-0.3, -0.25) is 0 Å². The summed E-state index contributed by atoms with van der Waals surface area (Å²) in [6.07, 6.45) is 0.182. The van der Waals surface area contributed by atoms with E-state index in [0.717, 1.165) is 5.56 Å². The summed E-state index contributed by atoms with van der Waals surface area (Å²) in [6.45, 7) is 9.61. The molecule has 1 aliphatic rings. The number of rotatable bonds is 4. The van der Waals surface area contributed by atoms with Crippen LogP contribution in [0, 0.1) is 12.3 Å². The van der Waals surface area contributed by atoms with E-state index in [1.165, 1.54) is 7.11 Å². The highest BCUT2D eigenvalue weighted by atomic mass is 35.5. The Kier molecular flexibility index (Phi) is 6.44. The van der Waals surface area contributed by atoms with E-state index in [-0.39, 0.29) is 40.6 Å². The summed E-state index contributed by atoms with van der Waals surface area (Å²) < 4.78 is 17.1. The lowest BCUT2D eigenvalue weighted by molar-refractivity contribution is 0.0453. The van der Waals surface area contributed by atoms with Gasteiger partial charge < -0.3 is 24.4 Å². The largest absolute Gasteiger partial charge is 0.504 e. The van der Waals surface area contributed by atoms with Gasteiger partial charge in [-0.15, -0.1) is 0 Å². The van der Waals surface area contributed by atoms with Crippen LogP contribution in [0.5, 0.6) is 23.0 Å². The van der Waals surface area contributed by atoms with Crippen LogP contribution in [0.3, 0.4) is 0 Å². The smallest absolute Gasteiger partial charge is 0.346 e. The summed E-state index contributed by atoms with van der Waals surface area (Å²) in [5, 5.41) is 22.0.